The van der Waals surface area contributed by atoms with Crippen LogP contribution in [0.25, 0.3) is 0 Å². The molecule has 0 aliphatic heterocycles. The number of nitrogens with zero attached hydrogens (tertiary/aromatic N) is 2. The first kappa shape index (κ1) is 31.9. The highest BCUT2D eigenvalue weighted by Crippen LogP contribution is 2.35. The highest BCUT2D eigenvalue weighted by molar-refractivity contribution is 7.92. The minimum atomic E-state index is -5.01. The number of anilines is 4. The Labute approximate surface area is 239 Å². The number of rotatable bonds is 10. The number of aromatic nitrogens is 2. The van der Waals surface area contributed by atoms with Crippen molar-refractivity contribution in [1.29, 1.82) is 0 Å². The third kappa shape index (κ3) is 7.55. The highest BCUT2D eigenvalue weighted by Gasteiger charge is 2.39. The van der Waals surface area contributed by atoms with Gasteiger partial charge in [-0.3, -0.25) is 4.79 Å². The number of ether oxygens (including phenoxy) is 1. The summed E-state index contributed by atoms with van der Waals surface area (Å²) in [5.74, 6) is -2.43. The standard InChI is InChI=1S/C26H28ClF4N5O4S/c1-14(2)41(38,39)21-9-7-16(28)11-19(21)34-22-17(27)12-32-24(36-22)35-18-10-15(6-8-20(18)40-5)25(3,4)13-33-23(37)26(29,30)31/h6-12,14H,13H2,1-5H3,(H,33,37)(H2,32,34,35,36). The topological polar surface area (TPSA) is 122 Å². The minimum absolute atomic E-state index is 0.00922. The van der Waals surface area contributed by atoms with Gasteiger partial charge in [-0.15, -0.1) is 0 Å². The van der Waals surface area contributed by atoms with Crippen LogP contribution in [0.2, 0.25) is 5.02 Å². The fourth-order valence-corrected chi connectivity index (χ4v) is 4.92. The SMILES string of the molecule is COc1ccc(C(C)(C)CNC(=O)C(F)(F)F)cc1Nc1ncc(Cl)c(Nc2cc(F)ccc2S(=O)(=O)C(C)C)n1. The lowest BCUT2D eigenvalue weighted by atomic mass is 9.84. The highest BCUT2D eigenvalue weighted by atomic mass is 35.5. The quantitative estimate of drug-likeness (QED) is 0.190. The van der Waals surface area contributed by atoms with Crippen LogP contribution in [0.4, 0.5) is 40.7 Å². The maximum atomic E-state index is 14.1. The van der Waals surface area contributed by atoms with Crippen LogP contribution in [0.15, 0.2) is 47.5 Å². The van der Waals surface area contributed by atoms with E-state index in [1.807, 2.05) is 5.32 Å². The summed E-state index contributed by atoms with van der Waals surface area (Å²) in [5, 5.41) is 6.83. The van der Waals surface area contributed by atoms with Gasteiger partial charge in [0.05, 0.1) is 34.8 Å². The first-order valence-electron chi connectivity index (χ1n) is 12.1. The van der Waals surface area contributed by atoms with Crippen LogP contribution in [0.5, 0.6) is 5.75 Å². The van der Waals surface area contributed by atoms with Crippen molar-refractivity contribution in [3.8, 4) is 5.75 Å². The van der Waals surface area contributed by atoms with E-state index in [0.717, 1.165) is 18.2 Å². The van der Waals surface area contributed by atoms with Crippen molar-refractivity contribution < 1.29 is 35.5 Å². The minimum Gasteiger partial charge on any atom is -0.495 e. The first-order chi connectivity index (χ1) is 19.0. The lowest BCUT2D eigenvalue weighted by Gasteiger charge is -2.27. The summed E-state index contributed by atoms with van der Waals surface area (Å²) in [6.07, 6.45) is -3.77. The van der Waals surface area contributed by atoms with Gasteiger partial charge in [-0.1, -0.05) is 31.5 Å². The van der Waals surface area contributed by atoms with Gasteiger partial charge < -0.3 is 20.7 Å². The van der Waals surface area contributed by atoms with Gasteiger partial charge in [-0.25, -0.2) is 17.8 Å². The third-order valence-corrected chi connectivity index (χ3v) is 8.53. The van der Waals surface area contributed by atoms with Crippen molar-refractivity contribution in [2.75, 3.05) is 24.3 Å². The molecule has 1 amide bonds. The molecule has 9 nitrogen and oxygen atoms in total. The van der Waals surface area contributed by atoms with Gasteiger partial charge in [-0.2, -0.15) is 18.2 Å². The van der Waals surface area contributed by atoms with Crippen LogP contribution >= 0.6 is 11.6 Å². The van der Waals surface area contributed by atoms with Crippen LogP contribution in [-0.4, -0.2) is 49.4 Å². The summed E-state index contributed by atoms with van der Waals surface area (Å²) in [6, 6.07) is 8.01. The van der Waals surface area contributed by atoms with Crippen molar-refractivity contribution in [2.45, 2.75) is 49.4 Å². The maximum Gasteiger partial charge on any atom is 0.471 e. The molecule has 1 aromatic heterocycles. The Hall–Kier alpha value is -3.65. The lowest BCUT2D eigenvalue weighted by molar-refractivity contribution is -0.173. The molecule has 2 aromatic carbocycles. The van der Waals surface area contributed by atoms with Gasteiger partial charge in [0, 0.05) is 12.0 Å². The molecular formula is C26H28ClF4N5O4S. The second-order valence-electron chi connectivity index (χ2n) is 9.85. The van der Waals surface area contributed by atoms with E-state index >= 15 is 0 Å². The van der Waals surface area contributed by atoms with Crippen molar-refractivity contribution >= 4 is 50.5 Å². The molecule has 0 atom stereocenters. The monoisotopic (exact) mass is 617 g/mol. The number of nitrogens with one attached hydrogen (secondary N) is 3. The zero-order valence-corrected chi connectivity index (χ0v) is 24.2. The van der Waals surface area contributed by atoms with E-state index in [2.05, 4.69) is 20.6 Å². The molecule has 222 valence electrons. The van der Waals surface area contributed by atoms with Crippen LogP contribution in [0, 0.1) is 5.82 Å². The molecule has 0 aliphatic rings. The van der Waals surface area contributed by atoms with Crippen LogP contribution in [0.1, 0.15) is 33.3 Å². The fraction of sp³-hybridized carbons (Fsp3) is 0.346. The molecule has 3 rings (SSSR count). The Morgan fingerprint density at radius 1 is 1.07 bits per heavy atom. The maximum absolute atomic E-state index is 14.1. The molecule has 0 radical (unpaired) electrons. The lowest BCUT2D eigenvalue weighted by Crippen LogP contribution is -2.43. The number of methoxy groups -OCH3 is 1. The second kappa shape index (κ2) is 12.1. The molecule has 0 bridgehead atoms. The van der Waals surface area contributed by atoms with Crippen molar-refractivity contribution in [1.82, 2.24) is 15.3 Å². The van der Waals surface area contributed by atoms with E-state index in [9.17, 15) is 30.8 Å². The van der Waals surface area contributed by atoms with Gasteiger partial charge in [0.2, 0.25) is 5.95 Å². The zero-order valence-electron chi connectivity index (χ0n) is 22.7. The van der Waals surface area contributed by atoms with Crippen LogP contribution < -0.4 is 20.7 Å². The predicted molar refractivity (Wildman–Crippen MR) is 147 cm³/mol. The molecule has 15 heteroatoms. The molecule has 0 unspecified atom stereocenters. The molecule has 3 N–H and O–H groups in total. The number of carbonyl (C=O) groups excluding carboxylic acids is 1. The Bertz CT molecular complexity index is 1550. The number of alkyl halides is 3. The Kier molecular flexibility index (Phi) is 9.38. The normalized spacial score (nSPS) is 12.3. The van der Waals surface area contributed by atoms with Gasteiger partial charge in [0.1, 0.15) is 16.6 Å². The molecule has 1 heterocycles. The molecular weight excluding hydrogens is 590 g/mol. The van der Waals surface area contributed by atoms with Crippen molar-refractivity contribution in [2.24, 2.45) is 0 Å². The van der Waals surface area contributed by atoms with Crippen molar-refractivity contribution in [3.05, 3.63) is 59.0 Å². The molecule has 0 aliphatic carbocycles. The third-order valence-electron chi connectivity index (χ3n) is 6.04. The second-order valence-corrected chi connectivity index (χ2v) is 12.7. The summed E-state index contributed by atoms with van der Waals surface area (Å²) >= 11 is 6.26. The van der Waals surface area contributed by atoms with E-state index in [1.54, 1.807) is 32.0 Å². The van der Waals surface area contributed by atoms with E-state index in [-0.39, 0.29) is 33.9 Å². The largest absolute Gasteiger partial charge is 0.495 e. The van der Waals surface area contributed by atoms with Gasteiger partial charge in [-0.05, 0) is 49.7 Å². The predicted octanol–water partition coefficient (Wildman–Crippen LogP) is 5.90. The summed E-state index contributed by atoms with van der Waals surface area (Å²) < 4.78 is 83.1. The number of carbonyl (C=O) groups is 1. The number of hydrogen-bond acceptors (Lipinski definition) is 8. The smallest absolute Gasteiger partial charge is 0.471 e. The molecule has 0 saturated heterocycles. The van der Waals surface area contributed by atoms with Gasteiger partial charge >= 0.3 is 12.1 Å². The number of halogens is 5. The van der Waals surface area contributed by atoms with E-state index in [1.165, 1.54) is 27.2 Å². The number of hydrogen-bond donors (Lipinski definition) is 3. The van der Waals surface area contributed by atoms with Gasteiger partial charge in [0.15, 0.2) is 15.7 Å². The van der Waals surface area contributed by atoms with Crippen molar-refractivity contribution in [3.63, 3.8) is 0 Å². The molecule has 0 spiro atoms. The number of amides is 1. The summed E-state index contributed by atoms with van der Waals surface area (Å²) in [7, 11) is -2.39. The molecule has 41 heavy (non-hydrogen) atoms. The summed E-state index contributed by atoms with van der Waals surface area (Å²) in [4.78, 5) is 19.6. The average molecular weight is 618 g/mol. The van der Waals surface area contributed by atoms with E-state index in [0.29, 0.717) is 17.0 Å². The van der Waals surface area contributed by atoms with E-state index in [4.69, 9.17) is 16.3 Å². The van der Waals surface area contributed by atoms with Crippen LogP contribution in [0.3, 0.4) is 0 Å². The molecule has 0 saturated carbocycles. The summed E-state index contributed by atoms with van der Waals surface area (Å²) in [5.41, 5.74) is -0.110. The Morgan fingerprint density at radius 2 is 1.76 bits per heavy atom. The molecule has 0 fully saturated rings. The number of benzene rings is 2. The number of sulfone groups is 1. The van der Waals surface area contributed by atoms with E-state index < -0.39 is 38.4 Å². The fourth-order valence-electron chi connectivity index (χ4n) is 3.60. The molecule has 3 aromatic rings. The average Bonchev–Trinajstić information content (AvgIpc) is 2.88. The Balaban J connectivity index is 1.94. The van der Waals surface area contributed by atoms with Gasteiger partial charge in [0.25, 0.3) is 0 Å². The summed E-state index contributed by atoms with van der Waals surface area (Å²) in [6.45, 7) is 5.98. The van der Waals surface area contributed by atoms with Crippen LogP contribution in [-0.2, 0) is 20.0 Å². The first-order valence-corrected chi connectivity index (χ1v) is 14.0. The zero-order chi connectivity index (χ0) is 30.8. The Morgan fingerprint density at radius 3 is 2.37 bits per heavy atom.